The maximum atomic E-state index is 13.4. The zero-order valence-electron chi connectivity index (χ0n) is 18.1. The van der Waals surface area contributed by atoms with Crippen molar-refractivity contribution in [2.45, 2.75) is 17.1 Å². The fourth-order valence-corrected chi connectivity index (χ4v) is 5.48. The van der Waals surface area contributed by atoms with Crippen molar-refractivity contribution in [1.29, 1.82) is 0 Å². The van der Waals surface area contributed by atoms with E-state index in [0.29, 0.717) is 18.0 Å². The summed E-state index contributed by atoms with van der Waals surface area (Å²) in [5.74, 6) is -0.00205. The van der Waals surface area contributed by atoms with Crippen molar-refractivity contribution >= 4 is 45.0 Å². The molecule has 0 aliphatic heterocycles. The summed E-state index contributed by atoms with van der Waals surface area (Å²) in [7, 11) is -4.18. The Morgan fingerprint density at radius 2 is 1.50 bits per heavy atom. The highest BCUT2D eigenvalue weighted by Crippen LogP contribution is 2.24. The summed E-state index contributed by atoms with van der Waals surface area (Å²) in [6, 6.07) is 16.7. The Labute approximate surface area is 207 Å². The van der Waals surface area contributed by atoms with Crippen molar-refractivity contribution in [2.75, 3.05) is 23.1 Å². The lowest BCUT2D eigenvalue weighted by Crippen LogP contribution is -2.41. The fourth-order valence-electron chi connectivity index (χ4n) is 3.02. The van der Waals surface area contributed by atoms with Crippen molar-refractivity contribution < 1.29 is 22.0 Å². The van der Waals surface area contributed by atoms with Gasteiger partial charge in [-0.15, -0.1) is 0 Å². The van der Waals surface area contributed by atoms with Crippen molar-refractivity contribution in [1.82, 2.24) is 5.32 Å². The first-order valence-electron chi connectivity index (χ1n) is 10.4. The van der Waals surface area contributed by atoms with Crippen LogP contribution in [-0.2, 0) is 20.6 Å². The van der Waals surface area contributed by atoms with Crippen LogP contribution >= 0.6 is 23.4 Å². The molecule has 34 heavy (non-hydrogen) atoms. The van der Waals surface area contributed by atoms with Gasteiger partial charge in [-0.05, 0) is 78.4 Å². The van der Waals surface area contributed by atoms with Gasteiger partial charge in [-0.2, -0.15) is 11.8 Å². The molecule has 0 bridgehead atoms. The lowest BCUT2D eigenvalue weighted by molar-refractivity contribution is -0.119. The third-order valence-corrected chi connectivity index (χ3v) is 7.93. The van der Waals surface area contributed by atoms with Crippen LogP contribution in [0, 0.1) is 11.6 Å². The monoisotopic (exact) mass is 524 g/mol. The van der Waals surface area contributed by atoms with Crippen LogP contribution in [0.2, 0.25) is 5.02 Å². The molecule has 5 nitrogen and oxygen atoms in total. The van der Waals surface area contributed by atoms with Gasteiger partial charge in [-0.3, -0.25) is 9.10 Å². The fraction of sp³-hybridized carbons (Fsp3) is 0.208. The molecule has 0 unspecified atom stereocenters. The van der Waals surface area contributed by atoms with E-state index in [0.717, 1.165) is 57.8 Å². The molecule has 3 aromatic rings. The number of hydrogen-bond donors (Lipinski definition) is 1. The van der Waals surface area contributed by atoms with Crippen molar-refractivity contribution in [3.63, 3.8) is 0 Å². The van der Waals surface area contributed by atoms with E-state index >= 15 is 0 Å². The molecule has 0 radical (unpaired) electrons. The molecule has 180 valence electrons. The number of rotatable bonds is 11. The molecular weight excluding hydrogens is 502 g/mol. The summed E-state index contributed by atoms with van der Waals surface area (Å²) >= 11 is 7.59. The number of hydrogen-bond acceptors (Lipinski definition) is 4. The Morgan fingerprint density at radius 3 is 2.12 bits per heavy atom. The number of carbonyl (C=O) groups is 1. The Balaban J connectivity index is 1.57. The molecule has 0 aliphatic rings. The van der Waals surface area contributed by atoms with Crippen LogP contribution in [0.3, 0.4) is 0 Å². The highest BCUT2D eigenvalue weighted by Gasteiger charge is 2.27. The van der Waals surface area contributed by atoms with E-state index in [1.54, 1.807) is 11.8 Å². The van der Waals surface area contributed by atoms with Crippen molar-refractivity contribution in [3.05, 3.63) is 95.0 Å². The van der Waals surface area contributed by atoms with E-state index in [1.165, 1.54) is 12.1 Å². The summed E-state index contributed by atoms with van der Waals surface area (Å²) in [5.41, 5.74) is 1.28. The maximum absolute atomic E-state index is 13.4. The standard InChI is InChI=1S/C24H23ClF2N2O3S2/c25-19-4-2-18(3-5-19)17-33-15-1-14-28-24(30)16-29(22-10-6-20(26)7-11-22)34(31,32)23-12-8-21(27)9-13-23/h2-13H,1,14-17H2,(H,28,30). The molecule has 0 aromatic heterocycles. The Morgan fingerprint density at radius 1 is 0.912 bits per heavy atom. The van der Waals surface area contributed by atoms with Crippen LogP contribution in [0.5, 0.6) is 0 Å². The molecule has 1 N–H and O–H groups in total. The minimum atomic E-state index is -4.18. The van der Waals surface area contributed by atoms with E-state index in [9.17, 15) is 22.0 Å². The van der Waals surface area contributed by atoms with Gasteiger partial charge in [0.05, 0.1) is 10.6 Å². The second-order valence-electron chi connectivity index (χ2n) is 7.32. The van der Waals surface area contributed by atoms with Crippen LogP contribution in [0.4, 0.5) is 14.5 Å². The molecule has 0 aliphatic carbocycles. The number of anilines is 1. The number of nitrogens with one attached hydrogen (secondary N) is 1. The molecule has 10 heteroatoms. The van der Waals surface area contributed by atoms with Crippen LogP contribution in [0.25, 0.3) is 0 Å². The molecule has 0 spiro atoms. The number of amides is 1. The minimum Gasteiger partial charge on any atom is -0.354 e. The quantitative estimate of drug-likeness (QED) is 0.348. The molecule has 3 rings (SSSR count). The largest absolute Gasteiger partial charge is 0.354 e. The summed E-state index contributed by atoms with van der Waals surface area (Å²) in [6.07, 6.45) is 0.700. The first-order chi connectivity index (χ1) is 16.3. The maximum Gasteiger partial charge on any atom is 0.264 e. The molecule has 3 aromatic carbocycles. The molecule has 0 heterocycles. The topological polar surface area (TPSA) is 66.5 Å². The van der Waals surface area contributed by atoms with E-state index in [1.807, 2.05) is 24.3 Å². The average Bonchev–Trinajstić information content (AvgIpc) is 2.82. The number of thioether (sulfide) groups is 1. The summed E-state index contributed by atoms with van der Waals surface area (Å²) in [4.78, 5) is 12.4. The lowest BCUT2D eigenvalue weighted by Gasteiger charge is -2.24. The van der Waals surface area contributed by atoms with E-state index in [2.05, 4.69) is 5.32 Å². The Hall–Kier alpha value is -2.62. The van der Waals surface area contributed by atoms with Crippen LogP contribution in [0.15, 0.2) is 77.7 Å². The smallest absolute Gasteiger partial charge is 0.264 e. The molecule has 1 amide bonds. The Bertz CT molecular complexity index is 1190. The van der Waals surface area contributed by atoms with Crippen LogP contribution in [0.1, 0.15) is 12.0 Å². The third kappa shape index (κ3) is 7.44. The number of benzene rings is 3. The third-order valence-electron chi connectivity index (χ3n) is 4.77. The first-order valence-corrected chi connectivity index (χ1v) is 13.4. The van der Waals surface area contributed by atoms with Gasteiger partial charge >= 0.3 is 0 Å². The predicted octanol–water partition coefficient (Wildman–Crippen LogP) is 5.25. The van der Waals surface area contributed by atoms with Gasteiger partial charge in [0.2, 0.25) is 5.91 Å². The average molecular weight is 525 g/mol. The van der Waals surface area contributed by atoms with Gasteiger partial charge in [-0.25, -0.2) is 17.2 Å². The molecule has 0 atom stereocenters. The normalized spacial score (nSPS) is 11.3. The molecule has 0 saturated heterocycles. The van der Waals surface area contributed by atoms with Gasteiger partial charge < -0.3 is 5.32 Å². The highest BCUT2D eigenvalue weighted by atomic mass is 35.5. The zero-order valence-corrected chi connectivity index (χ0v) is 20.5. The highest BCUT2D eigenvalue weighted by molar-refractivity contribution is 7.98. The minimum absolute atomic E-state index is 0.124. The summed E-state index contributed by atoms with van der Waals surface area (Å²) in [6.45, 7) is -0.121. The number of nitrogens with zero attached hydrogens (tertiary/aromatic N) is 1. The van der Waals surface area contributed by atoms with E-state index < -0.39 is 34.1 Å². The molecule has 0 fully saturated rings. The number of sulfonamides is 1. The van der Waals surface area contributed by atoms with E-state index in [4.69, 9.17) is 11.6 Å². The lowest BCUT2D eigenvalue weighted by atomic mass is 10.2. The van der Waals surface area contributed by atoms with Gasteiger partial charge in [0.25, 0.3) is 10.0 Å². The predicted molar refractivity (Wildman–Crippen MR) is 133 cm³/mol. The zero-order chi connectivity index (χ0) is 24.6. The molecule has 0 saturated carbocycles. The van der Waals surface area contributed by atoms with Crippen LogP contribution in [-0.4, -0.2) is 33.2 Å². The van der Waals surface area contributed by atoms with Gasteiger partial charge in [0.15, 0.2) is 0 Å². The first kappa shape index (κ1) is 26.0. The van der Waals surface area contributed by atoms with Gasteiger partial charge in [-0.1, -0.05) is 23.7 Å². The summed E-state index contributed by atoms with van der Waals surface area (Å²) < 4.78 is 53.8. The Kier molecular flexibility index (Phi) is 9.32. The van der Waals surface area contributed by atoms with Gasteiger partial charge in [0.1, 0.15) is 18.2 Å². The SMILES string of the molecule is O=C(CN(c1ccc(F)cc1)S(=O)(=O)c1ccc(F)cc1)NCCCSCc1ccc(Cl)cc1. The molecular formula is C24H23ClF2N2O3S2. The second-order valence-corrected chi connectivity index (χ2v) is 10.7. The summed E-state index contributed by atoms with van der Waals surface area (Å²) in [5, 5.41) is 3.41. The van der Waals surface area contributed by atoms with Gasteiger partial charge in [0, 0.05) is 17.3 Å². The second kappa shape index (κ2) is 12.2. The number of halogens is 3. The van der Waals surface area contributed by atoms with Crippen LogP contribution < -0.4 is 9.62 Å². The van der Waals surface area contributed by atoms with Crippen molar-refractivity contribution in [3.8, 4) is 0 Å². The van der Waals surface area contributed by atoms with E-state index in [-0.39, 0.29) is 10.6 Å². The number of carbonyl (C=O) groups excluding carboxylic acids is 1. The van der Waals surface area contributed by atoms with Crippen molar-refractivity contribution in [2.24, 2.45) is 0 Å².